The zero-order chi connectivity index (χ0) is 19.9. The van der Waals surface area contributed by atoms with Gasteiger partial charge in [0, 0.05) is 23.7 Å². The lowest BCUT2D eigenvalue weighted by atomic mass is 10.2. The normalized spacial score (nSPS) is 10.5. The van der Waals surface area contributed by atoms with E-state index in [1.165, 1.54) is 0 Å². The van der Waals surface area contributed by atoms with Crippen molar-refractivity contribution in [2.45, 2.75) is 12.8 Å². The third kappa shape index (κ3) is 5.47. The number of rotatable bonds is 7. The number of ether oxygens (including phenoxy) is 1. The van der Waals surface area contributed by atoms with Gasteiger partial charge in [-0.1, -0.05) is 30.3 Å². The van der Waals surface area contributed by atoms with Gasteiger partial charge in [-0.15, -0.1) is 0 Å². The maximum atomic E-state index is 13.1. The van der Waals surface area contributed by atoms with E-state index in [1.807, 2.05) is 30.3 Å². The standard InChI is InChI=1S/C20H16F2N2O4/c21-14-8-15(22)10-16(9-14)24-18(25)12-27-20(26)7-6-19-23-11-17(28-19)13-4-2-1-3-5-13/h1-5,8-11H,6-7,12H2,(H,24,25). The van der Waals surface area contributed by atoms with Gasteiger partial charge in [-0.25, -0.2) is 13.8 Å². The van der Waals surface area contributed by atoms with Gasteiger partial charge in [-0.3, -0.25) is 9.59 Å². The number of esters is 1. The molecule has 0 saturated heterocycles. The van der Waals surface area contributed by atoms with Crippen LogP contribution in [0.2, 0.25) is 0 Å². The molecule has 1 N–H and O–H groups in total. The molecule has 0 saturated carbocycles. The molecule has 0 fully saturated rings. The monoisotopic (exact) mass is 386 g/mol. The predicted molar refractivity (Wildman–Crippen MR) is 96.2 cm³/mol. The van der Waals surface area contributed by atoms with Gasteiger partial charge in [0.15, 0.2) is 18.3 Å². The highest BCUT2D eigenvalue weighted by Gasteiger charge is 2.12. The van der Waals surface area contributed by atoms with Gasteiger partial charge in [0.05, 0.1) is 12.6 Å². The number of anilines is 1. The first-order chi connectivity index (χ1) is 13.5. The van der Waals surface area contributed by atoms with Crippen LogP contribution in [0, 0.1) is 11.6 Å². The van der Waals surface area contributed by atoms with Gasteiger partial charge in [0.1, 0.15) is 11.6 Å². The summed E-state index contributed by atoms with van der Waals surface area (Å²) in [7, 11) is 0. The first kappa shape index (κ1) is 19.2. The molecule has 6 nitrogen and oxygen atoms in total. The highest BCUT2D eigenvalue weighted by Crippen LogP contribution is 2.20. The Kier molecular flexibility index (Phi) is 6.11. The first-order valence-corrected chi connectivity index (χ1v) is 8.41. The molecule has 3 rings (SSSR count). The van der Waals surface area contributed by atoms with E-state index < -0.39 is 30.1 Å². The summed E-state index contributed by atoms with van der Waals surface area (Å²) in [4.78, 5) is 27.6. The van der Waals surface area contributed by atoms with Crippen LogP contribution in [0.4, 0.5) is 14.5 Å². The number of hydrogen-bond acceptors (Lipinski definition) is 5. The van der Waals surface area contributed by atoms with E-state index >= 15 is 0 Å². The summed E-state index contributed by atoms with van der Waals surface area (Å²) < 4.78 is 36.6. The number of benzene rings is 2. The molecule has 2 aromatic carbocycles. The number of oxazole rings is 1. The van der Waals surface area contributed by atoms with Gasteiger partial charge < -0.3 is 14.5 Å². The van der Waals surface area contributed by atoms with Crippen LogP contribution in [0.1, 0.15) is 12.3 Å². The number of halogens is 2. The summed E-state index contributed by atoms with van der Waals surface area (Å²) in [5.74, 6) is -2.02. The summed E-state index contributed by atoms with van der Waals surface area (Å²) in [6.07, 6.45) is 1.75. The van der Waals surface area contributed by atoms with E-state index in [2.05, 4.69) is 10.3 Å². The fourth-order valence-corrected chi connectivity index (χ4v) is 2.41. The van der Waals surface area contributed by atoms with Crippen LogP contribution in [0.25, 0.3) is 11.3 Å². The summed E-state index contributed by atoms with van der Waals surface area (Å²) in [6, 6.07) is 12.0. The number of aryl methyl sites for hydroxylation is 1. The van der Waals surface area contributed by atoms with E-state index in [1.54, 1.807) is 6.20 Å². The van der Waals surface area contributed by atoms with Crippen molar-refractivity contribution in [2.75, 3.05) is 11.9 Å². The number of hydrogen-bond donors (Lipinski definition) is 1. The molecule has 1 amide bonds. The van der Waals surface area contributed by atoms with Crippen molar-refractivity contribution in [1.29, 1.82) is 0 Å². The molecule has 8 heteroatoms. The summed E-state index contributed by atoms with van der Waals surface area (Å²) in [5, 5.41) is 2.25. The Bertz CT molecular complexity index is 953. The lowest BCUT2D eigenvalue weighted by Gasteiger charge is -2.06. The number of aromatic nitrogens is 1. The maximum absolute atomic E-state index is 13.1. The lowest BCUT2D eigenvalue weighted by molar-refractivity contribution is -0.147. The van der Waals surface area contributed by atoms with Crippen molar-refractivity contribution in [2.24, 2.45) is 0 Å². The third-order valence-corrected chi connectivity index (χ3v) is 3.67. The van der Waals surface area contributed by atoms with Gasteiger partial charge >= 0.3 is 5.97 Å². The SMILES string of the molecule is O=C(COC(=O)CCc1ncc(-c2ccccc2)o1)Nc1cc(F)cc(F)c1. The van der Waals surface area contributed by atoms with Crippen LogP contribution in [0.15, 0.2) is 59.1 Å². The quantitative estimate of drug-likeness (QED) is 0.626. The van der Waals surface area contributed by atoms with Crippen LogP contribution in [-0.4, -0.2) is 23.5 Å². The molecule has 1 aromatic heterocycles. The molecule has 0 aliphatic carbocycles. The molecule has 0 atom stereocenters. The van der Waals surface area contributed by atoms with Crippen LogP contribution in [0.3, 0.4) is 0 Å². The van der Waals surface area contributed by atoms with Gasteiger partial charge in [0.25, 0.3) is 5.91 Å². The number of carbonyl (C=O) groups is 2. The molecule has 0 aliphatic heterocycles. The molecule has 0 spiro atoms. The molecular formula is C20H16F2N2O4. The van der Waals surface area contributed by atoms with Crippen molar-refractivity contribution in [3.8, 4) is 11.3 Å². The number of amides is 1. The smallest absolute Gasteiger partial charge is 0.306 e. The van der Waals surface area contributed by atoms with Crippen molar-refractivity contribution in [1.82, 2.24) is 4.98 Å². The van der Waals surface area contributed by atoms with E-state index in [-0.39, 0.29) is 18.5 Å². The summed E-state index contributed by atoms with van der Waals surface area (Å²) in [5.41, 5.74) is 0.807. The third-order valence-electron chi connectivity index (χ3n) is 3.67. The number of nitrogens with one attached hydrogen (secondary N) is 1. The summed E-state index contributed by atoms with van der Waals surface area (Å²) in [6.45, 7) is -0.572. The van der Waals surface area contributed by atoms with Crippen molar-refractivity contribution in [3.63, 3.8) is 0 Å². The van der Waals surface area contributed by atoms with E-state index in [9.17, 15) is 18.4 Å². The second kappa shape index (κ2) is 8.90. The predicted octanol–water partition coefficient (Wildman–Crippen LogP) is 3.73. The fourth-order valence-electron chi connectivity index (χ4n) is 2.41. The van der Waals surface area contributed by atoms with Crippen LogP contribution < -0.4 is 5.32 Å². The Morgan fingerprint density at radius 2 is 1.79 bits per heavy atom. The van der Waals surface area contributed by atoms with E-state index in [4.69, 9.17) is 9.15 Å². The van der Waals surface area contributed by atoms with Crippen molar-refractivity contribution < 1.29 is 27.5 Å². The highest BCUT2D eigenvalue weighted by atomic mass is 19.1. The molecule has 0 radical (unpaired) electrons. The average Bonchev–Trinajstić information content (AvgIpc) is 3.14. The number of nitrogens with zero attached hydrogens (tertiary/aromatic N) is 1. The van der Waals surface area contributed by atoms with Gasteiger partial charge in [-0.2, -0.15) is 0 Å². The molecule has 0 aliphatic rings. The van der Waals surface area contributed by atoms with Crippen LogP contribution >= 0.6 is 0 Å². The Hall–Kier alpha value is -3.55. The van der Waals surface area contributed by atoms with E-state index in [0.29, 0.717) is 17.7 Å². The van der Waals surface area contributed by atoms with Crippen molar-refractivity contribution >= 4 is 17.6 Å². The first-order valence-electron chi connectivity index (χ1n) is 8.41. The van der Waals surface area contributed by atoms with Crippen LogP contribution in [-0.2, 0) is 20.7 Å². The van der Waals surface area contributed by atoms with Gasteiger partial charge in [0.2, 0.25) is 0 Å². The molecule has 3 aromatic rings. The number of carbonyl (C=O) groups excluding carboxylic acids is 2. The lowest BCUT2D eigenvalue weighted by Crippen LogP contribution is -2.21. The average molecular weight is 386 g/mol. The molecule has 1 heterocycles. The Morgan fingerprint density at radius 3 is 2.50 bits per heavy atom. The minimum Gasteiger partial charge on any atom is -0.456 e. The maximum Gasteiger partial charge on any atom is 0.306 e. The minimum atomic E-state index is -0.826. The molecular weight excluding hydrogens is 370 g/mol. The Labute approximate surface area is 159 Å². The molecule has 0 bridgehead atoms. The fraction of sp³-hybridized carbons (Fsp3) is 0.150. The van der Waals surface area contributed by atoms with E-state index in [0.717, 1.165) is 17.7 Å². The zero-order valence-electron chi connectivity index (χ0n) is 14.7. The Morgan fingerprint density at radius 1 is 1.07 bits per heavy atom. The zero-order valence-corrected chi connectivity index (χ0v) is 14.7. The highest BCUT2D eigenvalue weighted by molar-refractivity contribution is 5.92. The summed E-state index contributed by atoms with van der Waals surface area (Å²) >= 11 is 0. The molecule has 0 unspecified atom stereocenters. The minimum absolute atomic E-state index is 0.0311. The van der Waals surface area contributed by atoms with Crippen LogP contribution in [0.5, 0.6) is 0 Å². The molecule has 144 valence electrons. The topological polar surface area (TPSA) is 81.4 Å². The molecule has 28 heavy (non-hydrogen) atoms. The largest absolute Gasteiger partial charge is 0.456 e. The van der Waals surface area contributed by atoms with Crippen molar-refractivity contribution in [3.05, 3.63) is 72.3 Å². The van der Waals surface area contributed by atoms with Gasteiger partial charge in [-0.05, 0) is 12.1 Å². The second-order valence-corrected chi connectivity index (χ2v) is 5.85. The second-order valence-electron chi connectivity index (χ2n) is 5.85. The Balaban J connectivity index is 1.43.